The lowest BCUT2D eigenvalue weighted by atomic mass is 9.94. The topological polar surface area (TPSA) is 75.3 Å². The molecule has 0 saturated heterocycles. The molecule has 1 aromatic rings. The highest BCUT2D eigenvalue weighted by molar-refractivity contribution is 5.99. The summed E-state index contributed by atoms with van der Waals surface area (Å²) in [6.45, 7) is 3.71. The van der Waals surface area contributed by atoms with Gasteiger partial charge in [0.25, 0.3) is 5.91 Å². The minimum atomic E-state index is -0.523. The number of aliphatic hydroxyl groups excluding tert-OH is 1. The first-order valence-corrected chi connectivity index (χ1v) is 5.90. The van der Waals surface area contributed by atoms with Crippen molar-refractivity contribution in [1.29, 1.82) is 0 Å². The summed E-state index contributed by atoms with van der Waals surface area (Å²) in [4.78, 5) is 12.0. The number of anilines is 1. The van der Waals surface area contributed by atoms with Crippen LogP contribution in [0.4, 0.5) is 10.1 Å². The van der Waals surface area contributed by atoms with Gasteiger partial charge in [0.05, 0.1) is 5.56 Å². The van der Waals surface area contributed by atoms with E-state index < -0.39 is 17.3 Å². The summed E-state index contributed by atoms with van der Waals surface area (Å²) < 4.78 is 13.1. The minimum Gasteiger partial charge on any atom is -0.398 e. The molecule has 5 heteroatoms. The van der Waals surface area contributed by atoms with Crippen molar-refractivity contribution >= 4 is 11.6 Å². The molecule has 0 fully saturated rings. The molecule has 0 saturated carbocycles. The molecule has 1 unspecified atom stereocenters. The number of hydrogen-bond donors (Lipinski definition) is 3. The predicted molar refractivity (Wildman–Crippen MR) is 68.7 cm³/mol. The Kier molecular flexibility index (Phi) is 4.67. The molecular weight excluding hydrogens is 235 g/mol. The van der Waals surface area contributed by atoms with E-state index in [1.807, 2.05) is 13.8 Å². The van der Waals surface area contributed by atoms with Crippen LogP contribution in [0.3, 0.4) is 0 Å². The number of halogens is 1. The van der Waals surface area contributed by atoms with Crippen LogP contribution in [-0.4, -0.2) is 23.2 Å². The Morgan fingerprint density at radius 3 is 2.78 bits per heavy atom. The summed E-state index contributed by atoms with van der Waals surface area (Å²) in [6.07, 6.45) is 1.10. The van der Waals surface area contributed by atoms with Crippen LogP contribution in [0.1, 0.15) is 37.0 Å². The lowest BCUT2D eigenvalue weighted by molar-refractivity contribution is 0.0886. The summed E-state index contributed by atoms with van der Waals surface area (Å²) in [7, 11) is 0. The number of amides is 1. The normalized spacial score (nSPS) is 14.0. The summed E-state index contributed by atoms with van der Waals surface area (Å²) >= 11 is 0. The lowest BCUT2D eigenvalue weighted by Crippen LogP contribution is -2.46. The van der Waals surface area contributed by atoms with Crippen LogP contribution in [-0.2, 0) is 0 Å². The average Bonchev–Trinajstić information content (AvgIpc) is 2.32. The van der Waals surface area contributed by atoms with Crippen LogP contribution in [0.15, 0.2) is 18.2 Å². The molecule has 0 aliphatic heterocycles. The highest BCUT2D eigenvalue weighted by atomic mass is 19.1. The maximum atomic E-state index is 13.1. The number of nitrogens with two attached hydrogens (primary N) is 1. The molecular formula is C13H19FN2O2. The van der Waals surface area contributed by atoms with Crippen LogP contribution >= 0.6 is 0 Å². The van der Waals surface area contributed by atoms with Gasteiger partial charge >= 0.3 is 0 Å². The van der Waals surface area contributed by atoms with Crippen molar-refractivity contribution in [2.24, 2.45) is 0 Å². The van der Waals surface area contributed by atoms with Gasteiger partial charge in [-0.1, -0.05) is 6.92 Å². The van der Waals surface area contributed by atoms with Gasteiger partial charge in [-0.15, -0.1) is 0 Å². The van der Waals surface area contributed by atoms with E-state index in [2.05, 4.69) is 5.32 Å². The third-order valence-corrected chi connectivity index (χ3v) is 3.12. The lowest BCUT2D eigenvalue weighted by Gasteiger charge is -2.29. The van der Waals surface area contributed by atoms with Crippen molar-refractivity contribution in [2.45, 2.75) is 32.2 Å². The average molecular weight is 254 g/mol. The number of aliphatic hydroxyl groups is 1. The van der Waals surface area contributed by atoms with E-state index in [4.69, 9.17) is 10.8 Å². The van der Waals surface area contributed by atoms with Gasteiger partial charge in [-0.05, 0) is 38.0 Å². The number of carbonyl (C=O) groups excluding carboxylic acids is 1. The Morgan fingerprint density at radius 1 is 1.56 bits per heavy atom. The quantitative estimate of drug-likeness (QED) is 0.700. The van der Waals surface area contributed by atoms with Gasteiger partial charge in [0.1, 0.15) is 5.82 Å². The van der Waals surface area contributed by atoms with Crippen molar-refractivity contribution in [3.63, 3.8) is 0 Å². The molecule has 0 radical (unpaired) electrons. The Balaban J connectivity index is 2.90. The van der Waals surface area contributed by atoms with Crippen LogP contribution in [0.25, 0.3) is 0 Å². The zero-order chi connectivity index (χ0) is 13.8. The first-order chi connectivity index (χ1) is 8.41. The molecule has 0 aromatic heterocycles. The molecule has 0 aliphatic rings. The second-order valence-corrected chi connectivity index (χ2v) is 4.57. The van der Waals surface area contributed by atoms with E-state index in [-0.39, 0.29) is 17.9 Å². The van der Waals surface area contributed by atoms with Crippen molar-refractivity contribution in [2.75, 3.05) is 12.3 Å². The van der Waals surface area contributed by atoms with Crippen LogP contribution in [0.2, 0.25) is 0 Å². The van der Waals surface area contributed by atoms with E-state index in [9.17, 15) is 9.18 Å². The van der Waals surface area contributed by atoms with Gasteiger partial charge in [0, 0.05) is 17.8 Å². The Morgan fingerprint density at radius 2 is 2.22 bits per heavy atom. The van der Waals surface area contributed by atoms with Gasteiger partial charge in [-0.25, -0.2) is 4.39 Å². The Bertz CT molecular complexity index is 437. The number of hydrogen-bond acceptors (Lipinski definition) is 3. The van der Waals surface area contributed by atoms with Gasteiger partial charge in [0.15, 0.2) is 0 Å². The number of benzene rings is 1. The van der Waals surface area contributed by atoms with E-state index in [1.54, 1.807) is 0 Å². The van der Waals surface area contributed by atoms with Crippen molar-refractivity contribution < 1.29 is 14.3 Å². The highest BCUT2D eigenvalue weighted by Gasteiger charge is 2.25. The first-order valence-electron chi connectivity index (χ1n) is 5.90. The van der Waals surface area contributed by atoms with Crippen LogP contribution in [0, 0.1) is 5.82 Å². The maximum Gasteiger partial charge on any atom is 0.253 e. The third kappa shape index (κ3) is 3.43. The van der Waals surface area contributed by atoms with Gasteiger partial charge in [0.2, 0.25) is 0 Å². The summed E-state index contributed by atoms with van der Waals surface area (Å²) in [6, 6.07) is 3.68. The van der Waals surface area contributed by atoms with Crippen molar-refractivity contribution in [3.8, 4) is 0 Å². The predicted octanol–water partition coefficient (Wildman–Crippen LogP) is 1.69. The largest absolute Gasteiger partial charge is 0.398 e. The van der Waals surface area contributed by atoms with Crippen molar-refractivity contribution in [3.05, 3.63) is 29.6 Å². The zero-order valence-electron chi connectivity index (χ0n) is 10.7. The maximum absolute atomic E-state index is 13.1. The molecule has 4 N–H and O–H groups in total. The van der Waals surface area contributed by atoms with E-state index in [0.29, 0.717) is 12.8 Å². The molecule has 18 heavy (non-hydrogen) atoms. The zero-order valence-corrected chi connectivity index (χ0v) is 10.7. The number of carbonyl (C=O) groups is 1. The SMILES string of the molecule is CCC(C)(CCO)NC(=O)c1cc(F)ccc1N. The molecule has 0 spiro atoms. The second-order valence-electron chi connectivity index (χ2n) is 4.57. The standard InChI is InChI=1S/C13H19FN2O2/c1-3-13(2,6-7-17)16-12(18)10-8-9(14)4-5-11(10)15/h4-5,8,17H,3,6-7,15H2,1-2H3,(H,16,18). The molecule has 1 atom stereocenters. The van der Waals surface area contributed by atoms with Crippen LogP contribution in [0.5, 0.6) is 0 Å². The molecule has 0 bridgehead atoms. The smallest absolute Gasteiger partial charge is 0.253 e. The minimum absolute atomic E-state index is 0.0246. The monoisotopic (exact) mass is 254 g/mol. The Labute approximate surface area is 106 Å². The summed E-state index contributed by atoms with van der Waals surface area (Å²) in [5.41, 5.74) is 5.48. The third-order valence-electron chi connectivity index (χ3n) is 3.12. The van der Waals surface area contributed by atoms with E-state index in [0.717, 1.165) is 6.07 Å². The van der Waals surface area contributed by atoms with Gasteiger partial charge in [-0.2, -0.15) is 0 Å². The molecule has 100 valence electrons. The molecule has 1 rings (SSSR count). The molecule has 0 heterocycles. The molecule has 4 nitrogen and oxygen atoms in total. The summed E-state index contributed by atoms with van der Waals surface area (Å²) in [5.74, 6) is -0.931. The van der Waals surface area contributed by atoms with E-state index in [1.165, 1.54) is 12.1 Å². The molecule has 1 aromatic carbocycles. The van der Waals surface area contributed by atoms with Gasteiger partial charge < -0.3 is 16.2 Å². The fourth-order valence-corrected chi connectivity index (χ4v) is 1.64. The van der Waals surface area contributed by atoms with Crippen LogP contribution < -0.4 is 11.1 Å². The first kappa shape index (κ1) is 14.4. The Hall–Kier alpha value is -1.62. The number of nitrogen functional groups attached to an aromatic ring is 1. The number of nitrogens with one attached hydrogen (secondary N) is 1. The fourth-order valence-electron chi connectivity index (χ4n) is 1.64. The molecule has 0 aliphatic carbocycles. The highest BCUT2D eigenvalue weighted by Crippen LogP contribution is 2.18. The second kappa shape index (κ2) is 5.82. The van der Waals surface area contributed by atoms with Crippen molar-refractivity contribution in [1.82, 2.24) is 5.32 Å². The van der Waals surface area contributed by atoms with E-state index >= 15 is 0 Å². The fraction of sp³-hybridized carbons (Fsp3) is 0.462. The number of rotatable bonds is 5. The summed E-state index contributed by atoms with van der Waals surface area (Å²) in [5, 5.41) is 11.8. The molecule has 1 amide bonds. The van der Waals surface area contributed by atoms with Gasteiger partial charge in [-0.3, -0.25) is 4.79 Å².